The van der Waals surface area contributed by atoms with E-state index < -0.39 is 0 Å². The largest absolute Gasteiger partial charge is 0.497 e. The molecule has 4 atom stereocenters. The molecule has 12 nitrogen and oxygen atoms in total. The number of hydrogen-bond acceptors (Lipinski definition) is 9. The lowest BCUT2D eigenvalue weighted by molar-refractivity contribution is -0.128. The van der Waals surface area contributed by atoms with Crippen molar-refractivity contribution in [3.63, 3.8) is 0 Å². The lowest BCUT2D eigenvalue weighted by Crippen LogP contribution is -2.48. The topological polar surface area (TPSA) is 137 Å². The summed E-state index contributed by atoms with van der Waals surface area (Å²) in [6, 6.07) is 4.30. The lowest BCUT2D eigenvalue weighted by atomic mass is 9.94. The molecule has 0 bridgehead atoms. The number of allylic oxidation sites excluding steroid dienone is 2. The first-order valence-corrected chi connectivity index (χ1v) is 15.4. The van der Waals surface area contributed by atoms with E-state index in [-0.39, 0.29) is 59.1 Å². The van der Waals surface area contributed by atoms with E-state index in [0.717, 1.165) is 12.0 Å². The van der Waals surface area contributed by atoms with Gasteiger partial charge in [-0.2, -0.15) is 4.98 Å². The predicted molar refractivity (Wildman–Crippen MR) is 174 cm³/mol. The smallest absolute Gasteiger partial charge is 0.260 e. The summed E-state index contributed by atoms with van der Waals surface area (Å²) in [5, 5.41) is 7.18. The molecule has 2 amide bonds. The Hall–Kier alpha value is -4.68. The highest BCUT2D eigenvalue weighted by molar-refractivity contribution is 6.35. The van der Waals surface area contributed by atoms with E-state index in [0.29, 0.717) is 53.3 Å². The van der Waals surface area contributed by atoms with Crippen LogP contribution < -0.4 is 25.7 Å². The molecule has 1 aliphatic carbocycles. The van der Waals surface area contributed by atoms with Crippen LogP contribution in [0.1, 0.15) is 13.3 Å². The van der Waals surface area contributed by atoms with Gasteiger partial charge < -0.3 is 29.7 Å². The fourth-order valence-electron chi connectivity index (χ4n) is 6.18. The normalized spacial score (nSPS) is 21.9. The van der Waals surface area contributed by atoms with Crippen LogP contribution in [0.3, 0.4) is 0 Å². The van der Waals surface area contributed by atoms with Gasteiger partial charge in [0, 0.05) is 55.3 Å². The van der Waals surface area contributed by atoms with Crippen molar-refractivity contribution in [1.29, 1.82) is 0 Å². The average molecular weight is 647 g/mol. The molecule has 2 aliphatic heterocycles. The second kappa shape index (κ2) is 13.0. The van der Waals surface area contributed by atoms with E-state index in [4.69, 9.17) is 30.8 Å². The van der Waals surface area contributed by atoms with Gasteiger partial charge in [0.1, 0.15) is 23.3 Å². The van der Waals surface area contributed by atoms with Crippen molar-refractivity contribution in [3.8, 4) is 22.6 Å². The van der Waals surface area contributed by atoms with Gasteiger partial charge in [-0.3, -0.25) is 19.0 Å². The number of rotatable bonds is 10. The predicted octanol–water partition coefficient (Wildman–Crippen LogP) is 3.34. The van der Waals surface area contributed by atoms with Gasteiger partial charge >= 0.3 is 0 Å². The number of amides is 2. The summed E-state index contributed by atoms with van der Waals surface area (Å²) in [6.07, 6.45) is 9.12. The molecule has 4 heterocycles. The summed E-state index contributed by atoms with van der Waals surface area (Å²) >= 11 is 6.74. The van der Waals surface area contributed by atoms with Crippen molar-refractivity contribution < 1.29 is 23.8 Å². The van der Waals surface area contributed by atoms with Crippen LogP contribution in [-0.2, 0) is 20.9 Å². The number of fused-ring (bicyclic) bond motifs is 1. The molecule has 2 N–H and O–H groups in total. The molecule has 2 saturated heterocycles. The second-order valence-electron chi connectivity index (χ2n) is 11.5. The zero-order valence-electron chi connectivity index (χ0n) is 25.8. The summed E-state index contributed by atoms with van der Waals surface area (Å²) in [5.41, 5.74) is 1.88. The number of pyridine rings is 1. The van der Waals surface area contributed by atoms with Gasteiger partial charge in [0.2, 0.25) is 17.8 Å². The van der Waals surface area contributed by atoms with Crippen LogP contribution in [0.25, 0.3) is 22.2 Å². The van der Waals surface area contributed by atoms with E-state index in [9.17, 15) is 14.4 Å². The van der Waals surface area contributed by atoms with E-state index in [2.05, 4.69) is 22.2 Å². The fraction of sp³-hybridized carbons (Fsp3) is 0.364. The minimum Gasteiger partial charge on any atom is -0.497 e. The number of likely N-dealkylation sites (tertiary alicyclic amines) is 1. The molecular formula is C33H35ClN6O6. The van der Waals surface area contributed by atoms with Gasteiger partial charge in [0.15, 0.2) is 0 Å². The highest BCUT2D eigenvalue weighted by Crippen LogP contribution is 2.39. The monoisotopic (exact) mass is 646 g/mol. The van der Waals surface area contributed by atoms with Crippen LogP contribution in [0, 0.1) is 5.92 Å². The zero-order chi connectivity index (χ0) is 32.5. The first-order chi connectivity index (χ1) is 22.2. The SMILES string of the molecule is C=CC(=O)N[C@H]1COC(C2=CC=C2)[C@H]1Nc1ncc2cc(-c3cc(OC)cc(OC)c3Cl)c(=O)n(C[C@H]3CCN(C(C)=O)C3)c2n1. The van der Waals surface area contributed by atoms with Crippen LogP contribution in [0.4, 0.5) is 5.95 Å². The molecular weight excluding hydrogens is 612 g/mol. The van der Waals surface area contributed by atoms with Crippen molar-refractivity contribution in [1.82, 2.24) is 24.8 Å². The zero-order valence-corrected chi connectivity index (χ0v) is 26.5. The second-order valence-corrected chi connectivity index (χ2v) is 11.9. The van der Waals surface area contributed by atoms with E-state index in [1.54, 1.807) is 40.8 Å². The van der Waals surface area contributed by atoms with Crippen LogP contribution in [-0.4, -0.2) is 83.4 Å². The summed E-state index contributed by atoms with van der Waals surface area (Å²) in [7, 11) is 3.02. The van der Waals surface area contributed by atoms with Crippen molar-refractivity contribution >= 4 is 40.4 Å². The molecule has 2 aromatic heterocycles. The lowest BCUT2D eigenvalue weighted by Gasteiger charge is -2.26. The van der Waals surface area contributed by atoms with Gasteiger partial charge in [-0.1, -0.05) is 36.4 Å². The number of anilines is 1. The molecule has 2 fully saturated rings. The number of carbonyl (C=O) groups is 2. The van der Waals surface area contributed by atoms with E-state index in [1.807, 2.05) is 18.2 Å². The molecule has 1 unspecified atom stereocenters. The molecule has 46 heavy (non-hydrogen) atoms. The van der Waals surface area contributed by atoms with Crippen LogP contribution in [0.15, 0.2) is 65.6 Å². The Morgan fingerprint density at radius 2 is 2.02 bits per heavy atom. The number of methoxy groups -OCH3 is 2. The summed E-state index contributed by atoms with van der Waals surface area (Å²) in [4.78, 5) is 49.9. The number of nitrogens with one attached hydrogen (secondary N) is 2. The molecule has 1 aromatic carbocycles. The third-order valence-electron chi connectivity index (χ3n) is 8.69. The third kappa shape index (κ3) is 5.97. The summed E-state index contributed by atoms with van der Waals surface area (Å²) in [5.74, 6) is 0.838. The molecule has 0 saturated carbocycles. The van der Waals surface area contributed by atoms with Crippen molar-refractivity contribution in [2.45, 2.75) is 38.1 Å². The quantitative estimate of drug-likeness (QED) is 0.318. The fourth-order valence-corrected chi connectivity index (χ4v) is 6.46. The number of nitrogens with zero attached hydrogens (tertiary/aromatic N) is 4. The Kier molecular flexibility index (Phi) is 8.83. The first kappa shape index (κ1) is 31.3. The number of benzene rings is 1. The number of hydrogen-bond donors (Lipinski definition) is 2. The molecule has 240 valence electrons. The van der Waals surface area contributed by atoms with Crippen LogP contribution >= 0.6 is 11.6 Å². The number of aromatic nitrogens is 3. The van der Waals surface area contributed by atoms with Gasteiger partial charge in [-0.05, 0) is 36.1 Å². The third-order valence-corrected chi connectivity index (χ3v) is 9.08. The van der Waals surface area contributed by atoms with Crippen molar-refractivity contribution in [2.75, 3.05) is 39.2 Å². The Morgan fingerprint density at radius 1 is 1.22 bits per heavy atom. The highest BCUT2D eigenvalue weighted by atomic mass is 35.5. The van der Waals surface area contributed by atoms with E-state index in [1.165, 1.54) is 20.3 Å². The van der Waals surface area contributed by atoms with Crippen molar-refractivity contribution in [2.24, 2.45) is 5.92 Å². The van der Waals surface area contributed by atoms with Gasteiger partial charge in [-0.25, -0.2) is 4.98 Å². The molecule has 13 heteroatoms. The number of carbonyl (C=O) groups excluding carboxylic acids is 2. The van der Waals surface area contributed by atoms with Gasteiger partial charge in [-0.15, -0.1) is 0 Å². The maximum atomic E-state index is 14.4. The molecule has 3 aromatic rings. The number of ether oxygens (including phenoxy) is 3. The summed E-state index contributed by atoms with van der Waals surface area (Å²) in [6.45, 7) is 6.88. The van der Waals surface area contributed by atoms with Gasteiger partial charge in [0.05, 0.1) is 37.9 Å². The van der Waals surface area contributed by atoms with E-state index >= 15 is 0 Å². The Bertz CT molecular complexity index is 1840. The maximum absolute atomic E-state index is 14.4. The first-order valence-electron chi connectivity index (χ1n) is 15.0. The van der Waals surface area contributed by atoms with Gasteiger partial charge in [0.25, 0.3) is 5.56 Å². The average Bonchev–Trinajstić information content (AvgIpc) is 3.65. The highest BCUT2D eigenvalue weighted by Gasteiger charge is 2.40. The molecule has 3 aliphatic rings. The number of halogens is 1. The Balaban J connectivity index is 1.44. The summed E-state index contributed by atoms with van der Waals surface area (Å²) < 4.78 is 18.6. The minimum absolute atomic E-state index is 0.000355. The van der Waals surface area contributed by atoms with Crippen LogP contribution in [0.2, 0.25) is 5.02 Å². The molecule has 6 rings (SSSR count). The van der Waals surface area contributed by atoms with Crippen LogP contribution in [0.5, 0.6) is 11.5 Å². The Morgan fingerprint density at radius 3 is 2.67 bits per heavy atom. The maximum Gasteiger partial charge on any atom is 0.260 e. The standard InChI is InChI=1S/C33H35ClN6O6/c1-5-27(42)36-25-17-46-30(20-7-6-8-20)29(25)37-33-35-14-21-11-24(23-12-22(44-3)13-26(45-4)28(23)34)32(43)40(31(21)38-33)16-19-9-10-39(15-19)18(2)41/h5-8,11-14,19,25,29-30H,1,9-10,15-17H2,2-4H3,(H,36,42)(H,35,37,38)/t19-,25-,29-,30?/m0/s1. The Labute approximate surface area is 270 Å². The van der Waals surface area contributed by atoms with Crippen molar-refractivity contribution in [3.05, 3.63) is 76.2 Å². The minimum atomic E-state index is -0.390. The molecule has 0 radical (unpaired) electrons. The molecule has 0 spiro atoms.